The average molecular weight is 1010 g/mol. The number of para-hydroxylation sites is 4. The fourth-order valence-corrected chi connectivity index (χ4v) is 16.5. The van der Waals surface area contributed by atoms with Crippen molar-refractivity contribution in [1.82, 2.24) is 0 Å². The summed E-state index contributed by atoms with van der Waals surface area (Å²) in [6, 6.07) is 74.9. The van der Waals surface area contributed by atoms with Crippen molar-refractivity contribution >= 4 is 97.1 Å². The first kappa shape index (κ1) is 44.5. The lowest BCUT2D eigenvalue weighted by Gasteiger charge is -2.49. The number of hydrogen-bond acceptors (Lipinski definition) is 4. The number of benzene rings is 10. The van der Waals surface area contributed by atoms with Crippen LogP contribution in [-0.4, -0.2) is 0 Å². The number of hydrogen-bond donors (Lipinski definition) is 0. The summed E-state index contributed by atoms with van der Waals surface area (Å²) in [7, 11) is 0. The highest BCUT2D eigenvalue weighted by Gasteiger charge is 2.47. The Morgan fingerprint density at radius 2 is 0.487 bits per heavy atom. The number of rotatable bonds is 3. The largest absolute Gasteiger partial charge is 0.309 e. The molecule has 0 spiro atoms. The second-order valence-corrected chi connectivity index (χ2v) is 26.3. The SMILES string of the molecule is CC1(C)c2ccccc2N2c3ccccc3C(C)(C)c3cc(-c4ccc5sc6ccc(-c7ccc8sc9ccc(-c%10cc%11c%12c(c%10)C(C)(C)c%10ccccc%10N%12c%10ccccc%10C%11(C)C)cc9c8c7)cc6c5c4)cc1c32. The minimum absolute atomic E-state index is 0.186. The van der Waals surface area contributed by atoms with Crippen LogP contribution < -0.4 is 9.80 Å². The van der Waals surface area contributed by atoms with Crippen LogP contribution in [0, 0.1) is 0 Å². The highest BCUT2D eigenvalue weighted by Crippen LogP contribution is 2.63. The molecule has 4 aliphatic heterocycles. The molecular weight excluding hydrogens is 957 g/mol. The van der Waals surface area contributed by atoms with Gasteiger partial charge in [-0.1, -0.05) is 152 Å². The van der Waals surface area contributed by atoms with Crippen LogP contribution in [0.5, 0.6) is 0 Å². The van der Waals surface area contributed by atoms with E-state index in [0.717, 1.165) is 0 Å². The van der Waals surface area contributed by atoms with E-state index in [0.29, 0.717) is 0 Å². The lowest BCUT2D eigenvalue weighted by Crippen LogP contribution is -2.38. The number of thiophene rings is 2. The molecular formula is C72H56N2S2. The lowest BCUT2D eigenvalue weighted by molar-refractivity contribution is 0.597. The van der Waals surface area contributed by atoms with Gasteiger partial charge in [0.15, 0.2) is 0 Å². The molecule has 0 radical (unpaired) electrons. The van der Waals surface area contributed by atoms with Gasteiger partial charge in [-0.25, -0.2) is 0 Å². The van der Waals surface area contributed by atoms with Gasteiger partial charge >= 0.3 is 0 Å². The molecule has 16 rings (SSSR count). The minimum Gasteiger partial charge on any atom is -0.309 e. The van der Waals surface area contributed by atoms with Crippen molar-refractivity contribution in [3.8, 4) is 33.4 Å². The molecule has 10 aromatic carbocycles. The zero-order chi connectivity index (χ0) is 51.4. The second kappa shape index (κ2) is 15.0. The third-order valence-corrected chi connectivity index (χ3v) is 20.9. The van der Waals surface area contributed by atoms with Gasteiger partial charge in [-0.3, -0.25) is 0 Å². The molecule has 0 amide bonds. The van der Waals surface area contributed by atoms with Crippen molar-refractivity contribution in [1.29, 1.82) is 0 Å². The van der Waals surface area contributed by atoms with E-state index in [4.69, 9.17) is 0 Å². The summed E-state index contributed by atoms with van der Waals surface area (Å²) in [6.07, 6.45) is 0. The minimum atomic E-state index is -0.186. The summed E-state index contributed by atoms with van der Waals surface area (Å²) in [6.45, 7) is 19.3. The molecule has 0 N–H and O–H groups in total. The molecule has 366 valence electrons. The van der Waals surface area contributed by atoms with Crippen LogP contribution in [0.1, 0.15) is 99.9 Å². The second-order valence-electron chi connectivity index (χ2n) is 24.1. The van der Waals surface area contributed by atoms with Gasteiger partial charge in [-0.05, 0) is 175 Å². The molecule has 0 saturated heterocycles. The highest BCUT2D eigenvalue weighted by atomic mass is 32.1. The molecule has 76 heavy (non-hydrogen) atoms. The Morgan fingerprint density at radius 3 is 0.750 bits per heavy atom. The average Bonchev–Trinajstić information content (AvgIpc) is 4.07. The Kier molecular flexibility index (Phi) is 8.79. The summed E-state index contributed by atoms with van der Waals surface area (Å²) in [5, 5.41) is 5.27. The van der Waals surface area contributed by atoms with Crippen LogP contribution in [0.3, 0.4) is 0 Å². The fraction of sp³-hybridized carbons (Fsp3) is 0.167. The maximum atomic E-state index is 2.56. The van der Waals surface area contributed by atoms with Crippen molar-refractivity contribution < 1.29 is 0 Å². The van der Waals surface area contributed by atoms with Crippen LogP contribution in [0.2, 0.25) is 0 Å². The first-order valence-electron chi connectivity index (χ1n) is 27.0. The quantitative estimate of drug-likeness (QED) is 0.174. The predicted octanol–water partition coefficient (Wildman–Crippen LogP) is 20.9. The Morgan fingerprint density at radius 1 is 0.250 bits per heavy atom. The topological polar surface area (TPSA) is 6.48 Å². The van der Waals surface area contributed by atoms with Gasteiger partial charge in [0.05, 0.1) is 34.1 Å². The predicted molar refractivity (Wildman–Crippen MR) is 326 cm³/mol. The Labute approximate surface area is 453 Å². The van der Waals surface area contributed by atoms with Gasteiger partial charge in [0, 0.05) is 62.0 Å². The Hall–Kier alpha value is -7.76. The molecule has 6 heterocycles. The molecule has 0 unspecified atom stereocenters. The van der Waals surface area contributed by atoms with Crippen molar-refractivity contribution in [2.75, 3.05) is 9.80 Å². The molecule has 4 heteroatoms. The van der Waals surface area contributed by atoms with E-state index in [-0.39, 0.29) is 21.7 Å². The standard InChI is InChI=1S/C72H56N2S2/c1-69(2)51-17-9-13-21-59(51)73-60-22-14-10-18-52(60)70(3,4)56-38-45(37-55(69)67(56)73)43-27-31-65-49(35-43)47-33-41(25-29-63(47)75-65)42-26-30-64-48(34-42)50-36-44(28-32-66(50)76-64)46-39-57-68-58(40-46)72(7,8)54-20-12-16-24-62(54)74(68)61-23-15-11-19-53(61)71(57,5)6/h9-40H,1-8H3. The van der Waals surface area contributed by atoms with E-state index in [2.05, 4.69) is 259 Å². The first-order valence-corrected chi connectivity index (χ1v) is 28.6. The third kappa shape index (κ3) is 5.81. The van der Waals surface area contributed by atoms with Crippen LogP contribution in [-0.2, 0) is 21.7 Å². The first-order chi connectivity index (χ1) is 36.7. The van der Waals surface area contributed by atoms with E-state index in [1.165, 1.54) is 152 Å². The van der Waals surface area contributed by atoms with E-state index in [1.807, 2.05) is 22.7 Å². The molecule has 0 aliphatic carbocycles. The van der Waals surface area contributed by atoms with Gasteiger partial charge in [-0.2, -0.15) is 0 Å². The van der Waals surface area contributed by atoms with Crippen molar-refractivity contribution in [2.45, 2.75) is 77.0 Å². The molecule has 0 fully saturated rings. The molecule has 2 aromatic heterocycles. The monoisotopic (exact) mass is 1010 g/mol. The molecule has 0 bridgehead atoms. The number of nitrogens with zero attached hydrogens (tertiary/aromatic N) is 2. The van der Waals surface area contributed by atoms with E-state index >= 15 is 0 Å². The maximum absolute atomic E-state index is 2.56. The van der Waals surface area contributed by atoms with E-state index in [1.54, 1.807) is 0 Å². The van der Waals surface area contributed by atoms with Crippen LogP contribution in [0.15, 0.2) is 194 Å². The zero-order valence-corrected chi connectivity index (χ0v) is 45.8. The van der Waals surface area contributed by atoms with Gasteiger partial charge in [0.1, 0.15) is 0 Å². The third-order valence-electron chi connectivity index (χ3n) is 18.6. The van der Waals surface area contributed by atoms with Gasteiger partial charge < -0.3 is 9.80 Å². The molecule has 0 atom stereocenters. The summed E-state index contributed by atoms with van der Waals surface area (Å²) in [5.74, 6) is 0. The van der Waals surface area contributed by atoms with Crippen molar-refractivity contribution in [3.63, 3.8) is 0 Å². The number of anilines is 6. The van der Waals surface area contributed by atoms with Crippen LogP contribution >= 0.6 is 22.7 Å². The van der Waals surface area contributed by atoms with E-state index < -0.39 is 0 Å². The lowest BCUT2D eigenvalue weighted by atomic mass is 9.65. The molecule has 0 saturated carbocycles. The Bertz CT molecular complexity index is 4100. The Balaban J connectivity index is 0.810. The zero-order valence-electron chi connectivity index (χ0n) is 44.2. The summed E-state index contributed by atoms with van der Waals surface area (Å²) in [4.78, 5) is 5.11. The van der Waals surface area contributed by atoms with Gasteiger partial charge in [0.25, 0.3) is 0 Å². The maximum Gasteiger partial charge on any atom is 0.0544 e. The summed E-state index contributed by atoms with van der Waals surface area (Å²) < 4.78 is 5.28. The van der Waals surface area contributed by atoms with Crippen molar-refractivity contribution in [2.24, 2.45) is 0 Å². The van der Waals surface area contributed by atoms with Crippen LogP contribution in [0.4, 0.5) is 34.1 Å². The van der Waals surface area contributed by atoms with E-state index in [9.17, 15) is 0 Å². The van der Waals surface area contributed by atoms with Crippen molar-refractivity contribution in [3.05, 3.63) is 239 Å². The fourth-order valence-electron chi connectivity index (χ4n) is 14.4. The normalized spacial score (nSPS) is 16.5. The molecule has 12 aromatic rings. The molecule has 4 aliphatic rings. The summed E-state index contributed by atoms with van der Waals surface area (Å²) >= 11 is 3.80. The van der Waals surface area contributed by atoms with Gasteiger partial charge in [0.2, 0.25) is 0 Å². The van der Waals surface area contributed by atoms with Crippen LogP contribution in [0.25, 0.3) is 73.7 Å². The summed E-state index contributed by atoms with van der Waals surface area (Å²) in [5.41, 5.74) is 25.7. The smallest absolute Gasteiger partial charge is 0.0544 e. The van der Waals surface area contributed by atoms with Gasteiger partial charge in [-0.15, -0.1) is 22.7 Å². The number of fused-ring (bicyclic) bond motifs is 14. The molecule has 2 nitrogen and oxygen atoms in total. The highest BCUT2D eigenvalue weighted by molar-refractivity contribution is 7.26.